The van der Waals surface area contributed by atoms with Gasteiger partial charge in [0.15, 0.2) is 0 Å². The monoisotopic (exact) mass is 280 g/mol. The Morgan fingerprint density at radius 3 is 2.75 bits per heavy atom. The Hall–Kier alpha value is -2.15. The third kappa shape index (κ3) is 2.57. The molecule has 7 nitrogen and oxygen atoms in total. The molecule has 2 rings (SSSR count). The van der Waals surface area contributed by atoms with Gasteiger partial charge in [0.25, 0.3) is 5.69 Å². The zero-order chi connectivity index (χ0) is 14.9. The van der Waals surface area contributed by atoms with Crippen LogP contribution in [0, 0.1) is 17.0 Å². The summed E-state index contributed by atoms with van der Waals surface area (Å²) in [6.07, 6.45) is 0.258. The summed E-state index contributed by atoms with van der Waals surface area (Å²) in [5.41, 5.74) is 1.38. The highest BCUT2D eigenvalue weighted by Gasteiger charge is 2.37. The van der Waals surface area contributed by atoms with Gasteiger partial charge in [-0.1, -0.05) is 0 Å². The summed E-state index contributed by atoms with van der Waals surface area (Å²) in [7, 11) is 1.55. The van der Waals surface area contributed by atoms with E-state index in [1.807, 2.05) is 0 Å². The van der Waals surface area contributed by atoms with Crippen molar-refractivity contribution >= 4 is 17.3 Å². The van der Waals surface area contributed by atoms with E-state index in [0.29, 0.717) is 24.2 Å². The number of anilines is 1. The molecular formula is C13H16N2O5. The number of non-ortho nitro benzene ring substituents is 1. The molecule has 20 heavy (non-hydrogen) atoms. The van der Waals surface area contributed by atoms with Gasteiger partial charge in [0.2, 0.25) is 0 Å². The molecular weight excluding hydrogens is 264 g/mol. The van der Waals surface area contributed by atoms with Crippen LogP contribution in [-0.4, -0.2) is 41.8 Å². The zero-order valence-corrected chi connectivity index (χ0v) is 11.3. The number of nitro groups is 1. The molecule has 1 fully saturated rings. The second kappa shape index (κ2) is 5.46. The molecule has 108 valence electrons. The molecule has 0 spiro atoms. The Kier molecular flexibility index (Phi) is 3.89. The first kappa shape index (κ1) is 14.3. The van der Waals surface area contributed by atoms with Gasteiger partial charge in [0.1, 0.15) is 6.04 Å². The quantitative estimate of drug-likeness (QED) is 0.665. The highest BCUT2D eigenvalue weighted by atomic mass is 16.6. The number of aryl methyl sites for hydroxylation is 1. The normalized spacial score (nSPS) is 22.0. The number of carboxylic acids is 1. The number of hydrogen-bond acceptors (Lipinski definition) is 5. The average Bonchev–Trinajstić information content (AvgIpc) is 2.82. The van der Waals surface area contributed by atoms with Crippen molar-refractivity contribution in [3.8, 4) is 0 Å². The third-order valence-electron chi connectivity index (χ3n) is 3.58. The maximum Gasteiger partial charge on any atom is 0.326 e. The fourth-order valence-electron chi connectivity index (χ4n) is 2.54. The van der Waals surface area contributed by atoms with E-state index in [9.17, 15) is 20.0 Å². The lowest BCUT2D eigenvalue weighted by molar-refractivity contribution is -0.384. The predicted octanol–water partition coefficient (Wildman–Crippen LogP) is 1.58. The van der Waals surface area contributed by atoms with Gasteiger partial charge in [-0.15, -0.1) is 0 Å². The standard InChI is InChI=1S/C13H16N2O5/c1-8-5-9(15(18)19)3-4-11(8)14-7-10(20-2)6-12(14)13(16)17/h3-5,10,12H,6-7H2,1-2H3,(H,16,17). The summed E-state index contributed by atoms with van der Waals surface area (Å²) in [5.74, 6) is -0.915. The number of carbonyl (C=O) groups is 1. The summed E-state index contributed by atoms with van der Waals surface area (Å²) >= 11 is 0. The van der Waals surface area contributed by atoms with E-state index in [4.69, 9.17) is 4.74 Å². The summed E-state index contributed by atoms with van der Waals surface area (Å²) in [6, 6.07) is 3.78. The lowest BCUT2D eigenvalue weighted by Crippen LogP contribution is -2.36. The van der Waals surface area contributed by atoms with Gasteiger partial charge in [0.05, 0.1) is 11.0 Å². The number of carboxylic acid groups (broad SMARTS) is 1. The molecule has 1 aromatic carbocycles. The Morgan fingerprint density at radius 2 is 2.25 bits per heavy atom. The molecule has 1 N–H and O–H groups in total. The first-order valence-electron chi connectivity index (χ1n) is 6.21. The maximum absolute atomic E-state index is 11.3. The third-order valence-corrected chi connectivity index (χ3v) is 3.58. The molecule has 1 aliphatic rings. The van der Waals surface area contributed by atoms with Crippen LogP contribution in [0.15, 0.2) is 18.2 Å². The molecule has 0 bridgehead atoms. The Balaban J connectivity index is 2.34. The van der Waals surface area contributed by atoms with Crippen LogP contribution in [0.5, 0.6) is 0 Å². The minimum atomic E-state index is -0.915. The zero-order valence-electron chi connectivity index (χ0n) is 11.3. The number of nitro benzene ring substituents is 1. The molecule has 0 amide bonds. The molecule has 0 saturated carbocycles. The van der Waals surface area contributed by atoms with Crippen molar-refractivity contribution in [3.63, 3.8) is 0 Å². The van der Waals surface area contributed by atoms with Gasteiger partial charge in [0, 0.05) is 37.9 Å². The number of hydrogen-bond donors (Lipinski definition) is 1. The number of nitrogens with zero attached hydrogens (tertiary/aromatic N) is 2. The van der Waals surface area contributed by atoms with Crippen molar-refractivity contribution in [3.05, 3.63) is 33.9 Å². The van der Waals surface area contributed by atoms with Crippen molar-refractivity contribution in [2.75, 3.05) is 18.6 Å². The fourth-order valence-corrected chi connectivity index (χ4v) is 2.54. The van der Waals surface area contributed by atoms with Crippen LogP contribution in [0.1, 0.15) is 12.0 Å². The predicted molar refractivity (Wildman–Crippen MR) is 72.0 cm³/mol. The maximum atomic E-state index is 11.3. The lowest BCUT2D eigenvalue weighted by atomic mass is 10.1. The van der Waals surface area contributed by atoms with Crippen LogP contribution in [0.4, 0.5) is 11.4 Å². The second-order valence-corrected chi connectivity index (χ2v) is 4.83. The highest BCUT2D eigenvalue weighted by molar-refractivity contribution is 5.80. The molecule has 1 saturated heterocycles. The molecule has 1 aliphatic heterocycles. The SMILES string of the molecule is COC1CC(C(=O)O)N(c2ccc([N+](=O)[O-])cc2C)C1. The molecule has 0 radical (unpaired) electrons. The largest absolute Gasteiger partial charge is 0.480 e. The van der Waals surface area contributed by atoms with Gasteiger partial charge in [-0.05, 0) is 18.6 Å². The van der Waals surface area contributed by atoms with Crippen molar-refractivity contribution < 1.29 is 19.6 Å². The molecule has 7 heteroatoms. The van der Waals surface area contributed by atoms with E-state index < -0.39 is 16.9 Å². The van der Waals surface area contributed by atoms with Gasteiger partial charge in [-0.3, -0.25) is 10.1 Å². The Labute approximate surface area is 115 Å². The molecule has 2 unspecified atom stereocenters. The van der Waals surface area contributed by atoms with Crippen LogP contribution in [0.2, 0.25) is 0 Å². The molecule has 1 heterocycles. The second-order valence-electron chi connectivity index (χ2n) is 4.83. The molecule has 2 atom stereocenters. The average molecular weight is 280 g/mol. The topological polar surface area (TPSA) is 92.9 Å². The first-order valence-corrected chi connectivity index (χ1v) is 6.21. The van der Waals surface area contributed by atoms with Gasteiger partial charge < -0.3 is 14.7 Å². The summed E-state index contributed by atoms with van der Waals surface area (Å²) in [5, 5.41) is 20.0. The Bertz CT molecular complexity index is 546. The van der Waals surface area contributed by atoms with Crippen molar-refractivity contribution in [1.82, 2.24) is 0 Å². The fraction of sp³-hybridized carbons (Fsp3) is 0.462. The van der Waals surface area contributed by atoms with E-state index in [-0.39, 0.29) is 11.8 Å². The van der Waals surface area contributed by atoms with Crippen molar-refractivity contribution in [2.24, 2.45) is 0 Å². The van der Waals surface area contributed by atoms with Crippen molar-refractivity contribution in [1.29, 1.82) is 0 Å². The number of aliphatic carboxylic acids is 1. The van der Waals surface area contributed by atoms with E-state index in [1.165, 1.54) is 12.1 Å². The highest BCUT2D eigenvalue weighted by Crippen LogP contribution is 2.31. The van der Waals surface area contributed by atoms with E-state index >= 15 is 0 Å². The van der Waals surface area contributed by atoms with E-state index in [2.05, 4.69) is 0 Å². The number of methoxy groups -OCH3 is 1. The lowest BCUT2D eigenvalue weighted by Gasteiger charge is -2.25. The number of ether oxygens (including phenoxy) is 1. The number of rotatable bonds is 4. The summed E-state index contributed by atoms with van der Waals surface area (Å²) < 4.78 is 5.23. The van der Waals surface area contributed by atoms with E-state index in [0.717, 1.165) is 0 Å². The van der Waals surface area contributed by atoms with Crippen molar-refractivity contribution in [2.45, 2.75) is 25.5 Å². The summed E-state index contributed by atoms with van der Waals surface area (Å²) in [6.45, 7) is 2.20. The molecule has 0 aliphatic carbocycles. The molecule has 1 aromatic rings. The van der Waals surface area contributed by atoms with Gasteiger partial charge >= 0.3 is 5.97 Å². The first-order chi connectivity index (χ1) is 9.43. The van der Waals surface area contributed by atoms with Crippen LogP contribution >= 0.6 is 0 Å². The Morgan fingerprint density at radius 1 is 1.55 bits per heavy atom. The van der Waals surface area contributed by atoms with Crippen LogP contribution in [0.25, 0.3) is 0 Å². The van der Waals surface area contributed by atoms with E-state index in [1.54, 1.807) is 25.0 Å². The van der Waals surface area contributed by atoms with Gasteiger partial charge in [-0.2, -0.15) is 0 Å². The smallest absolute Gasteiger partial charge is 0.326 e. The van der Waals surface area contributed by atoms with Crippen LogP contribution in [0.3, 0.4) is 0 Å². The van der Waals surface area contributed by atoms with Crippen LogP contribution in [-0.2, 0) is 9.53 Å². The summed E-state index contributed by atoms with van der Waals surface area (Å²) in [4.78, 5) is 23.3. The van der Waals surface area contributed by atoms with Crippen LogP contribution < -0.4 is 4.90 Å². The molecule has 0 aromatic heterocycles. The minimum Gasteiger partial charge on any atom is -0.480 e. The van der Waals surface area contributed by atoms with Gasteiger partial charge in [-0.25, -0.2) is 4.79 Å². The number of benzene rings is 1. The minimum absolute atomic E-state index is 0.000568.